The average molecular weight is 254 g/mol. The molecule has 1 atom stereocenters. The zero-order valence-corrected chi connectivity index (χ0v) is 10.7. The van der Waals surface area contributed by atoms with E-state index in [1.54, 1.807) is 30.1 Å². The number of nitrogens with one attached hydrogen (secondary N) is 1. The Morgan fingerprint density at radius 2 is 2.06 bits per heavy atom. The van der Waals surface area contributed by atoms with Crippen LogP contribution in [0.15, 0.2) is 30.3 Å². The maximum absolute atomic E-state index is 14.1. The first-order valence-electron chi connectivity index (χ1n) is 6.44. The van der Waals surface area contributed by atoms with E-state index in [2.05, 4.69) is 5.32 Å². The molecule has 1 aromatic carbocycles. The summed E-state index contributed by atoms with van der Waals surface area (Å²) in [6, 6.07) is 8.28. The van der Waals surface area contributed by atoms with E-state index < -0.39 is 5.92 Å². The summed E-state index contributed by atoms with van der Waals surface area (Å²) >= 11 is 0. The number of likely N-dealkylation sites (N-methyl/N-ethyl adjacent to an activating group) is 1. The molecule has 2 rings (SSSR count). The van der Waals surface area contributed by atoms with Gasteiger partial charge < -0.3 is 5.32 Å². The predicted molar refractivity (Wildman–Crippen MR) is 68.9 cm³/mol. The van der Waals surface area contributed by atoms with Gasteiger partial charge in [-0.2, -0.15) is 8.78 Å². The van der Waals surface area contributed by atoms with E-state index in [0.29, 0.717) is 0 Å². The summed E-state index contributed by atoms with van der Waals surface area (Å²) in [5, 5.41) is 3.25. The summed E-state index contributed by atoms with van der Waals surface area (Å²) < 4.78 is 28.2. The summed E-state index contributed by atoms with van der Waals surface area (Å²) in [6.45, 7) is 1.59. The molecule has 1 saturated heterocycles. The molecule has 0 bridgehead atoms. The Hall–Kier alpha value is -1.00. The van der Waals surface area contributed by atoms with Gasteiger partial charge in [0.15, 0.2) is 0 Å². The van der Waals surface area contributed by atoms with Crippen molar-refractivity contribution in [3.05, 3.63) is 35.9 Å². The number of piperidine rings is 1. The van der Waals surface area contributed by atoms with Crippen LogP contribution in [0.4, 0.5) is 8.78 Å². The summed E-state index contributed by atoms with van der Waals surface area (Å²) in [6.07, 6.45) is 2.06. The highest BCUT2D eigenvalue weighted by Crippen LogP contribution is 2.29. The van der Waals surface area contributed by atoms with Gasteiger partial charge >= 0.3 is 0 Å². The van der Waals surface area contributed by atoms with Crippen LogP contribution in [0.3, 0.4) is 0 Å². The molecule has 0 saturated carbocycles. The second kappa shape index (κ2) is 5.76. The molecule has 1 aromatic rings. The van der Waals surface area contributed by atoms with Crippen molar-refractivity contribution in [2.75, 3.05) is 26.7 Å². The topological polar surface area (TPSA) is 15.3 Å². The lowest BCUT2D eigenvalue weighted by molar-refractivity contribution is -0.0428. The molecule has 4 heteroatoms. The van der Waals surface area contributed by atoms with Gasteiger partial charge in [-0.3, -0.25) is 4.90 Å². The standard InChI is InChI=1S/C14H20F2N2/c1-18(13-8-5-9-17-10-13)11-14(15,16)12-6-3-2-4-7-12/h2-4,6-7,13,17H,5,8-11H2,1H3. The van der Waals surface area contributed by atoms with Crippen molar-refractivity contribution in [2.45, 2.75) is 24.8 Å². The quantitative estimate of drug-likeness (QED) is 0.888. The molecule has 100 valence electrons. The number of halogens is 2. The van der Waals surface area contributed by atoms with Crippen LogP contribution in [0, 0.1) is 0 Å². The molecular weight excluding hydrogens is 234 g/mol. The second-order valence-corrected chi connectivity index (χ2v) is 4.99. The van der Waals surface area contributed by atoms with Gasteiger partial charge in [0.05, 0.1) is 6.54 Å². The van der Waals surface area contributed by atoms with E-state index in [1.165, 1.54) is 12.1 Å². The first-order chi connectivity index (χ1) is 8.59. The van der Waals surface area contributed by atoms with Crippen molar-refractivity contribution in [1.29, 1.82) is 0 Å². The number of hydrogen-bond donors (Lipinski definition) is 1. The fourth-order valence-electron chi connectivity index (χ4n) is 2.43. The van der Waals surface area contributed by atoms with Crippen LogP contribution < -0.4 is 5.32 Å². The molecular formula is C14H20F2N2. The van der Waals surface area contributed by atoms with Gasteiger partial charge in [0, 0.05) is 18.2 Å². The number of rotatable bonds is 4. The summed E-state index contributed by atoms with van der Waals surface area (Å²) in [7, 11) is 1.79. The van der Waals surface area contributed by atoms with Crippen LogP contribution in [-0.4, -0.2) is 37.6 Å². The SMILES string of the molecule is CN(CC(F)(F)c1ccccc1)C1CCCNC1. The molecule has 0 amide bonds. The Morgan fingerprint density at radius 1 is 1.33 bits per heavy atom. The Balaban J connectivity index is 1.98. The van der Waals surface area contributed by atoms with Crippen LogP contribution >= 0.6 is 0 Å². The fraction of sp³-hybridized carbons (Fsp3) is 0.571. The van der Waals surface area contributed by atoms with Crippen LogP contribution in [0.5, 0.6) is 0 Å². The molecule has 0 aliphatic carbocycles. The Labute approximate surface area is 107 Å². The zero-order valence-electron chi connectivity index (χ0n) is 10.7. The normalized spacial score (nSPS) is 21.2. The van der Waals surface area contributed by atoms with Crippen molar-refractivity contribution in [3.63, 3.8) is 0 Å². The predicted octanol–water partition coefficient (Wildman–Crippen LogP) is 2.46. The number of hydrogen-bond acceptors (Lipinski definition) is 2. The maximum Gasteiger partial charge on any atom is 0.285 e. The molecule has 1 heterocycles. The van der Waals surface area contributed by atoms with Gasteiger partial charge in [0.1, 0.15) is 0 Å². The van der Waals surface area contributed by atoms with E-state index in [4.69, 9.17) is 0 Å². The van der Waals surface area contributed by atoms with Crippen LogP contribution in [0.25, 0.3) is 0 Å². The Bertz CT molecular complexity index is 361. The molecule has 1 aliphatic heterocycles. The van der Waals surface area contributed by atoms with Gasteiger partial charge in [-0.15, -0.1) is 0 Å². The first-order valence-corrected chi connectivity index (χ1v) is 6.44. The molecule has 1 aliphatic rings. The minimum absolute atomic E-state index is 0.0978. The van der Waals surface area contributed by atoms with Crippen molar-refractivity contribution in [3.8, 4) is 0 Å². The molecule has 1 fully saturated rings. The van der Waals surface area contributed by atoms with Crippen molar-refractivity contribution >= 4 is 0 Å². The first kappa shape index (κ1) is 13.4. The van der Waals surface area contributed by atoms with Gasteiger partial charge in [0.25, 0.3) is 5.92 Å². The highest BCUT2D eigenvalue weighted by atomic mass is 19.3. The van der Waals surface area contributed by atoms with E-state index >= 15 is 0 Å². The number of alkyl halides is 2. The molecule has 1 N–H and O–H groups in total. The van der Waals surface area contributed by atoms with Crippen molar-refractivity contribution < 1.29 is 8.78 Å². The van der Waals surface area contributed by atoms with Crippen LogP contribution in [0.2, 0.25) is 0 Å². The van der Waals surface area contributed by atoms with Crippen LogP contribution in [0.1, 0.15) is 18.4 Å². The van der Waals surface area contributed by atoms with E-state index in [1.807, 2.05) is 0 Å². The highest BCUT2D eigenvalue weighted by Gasteiger charge is 2.34. The Morgan fingerprint density at radius 3 is 2.67 bits per heavy atom. The third-order valence-electron chi connectivity index (χ3n) is 3.54. The second-order valence-electron chi connectivity index (χ2n) is 4.99. The smallest absolute Gasteiger partial charge is 0.285 e. The molecule has 1 unspecified atom stereocenters. The molecule has 0 aromatic heterocycles. The summed E-state index contributed by atoms with van der Waals surface area (Å²) in [5.74, 6) is -2.78. The Kier molecular flexibility index (Phi) is 4.30. The van der Waals surface area contributed by atoms with Gasteiger partial charge in [-0.1, -0.05) is 30.3 Å². The maximum atomic E-state index is 14.1. The van der Waals surface area contributed by atoms with Gasteiger partial charge in [0.2, 0.25) is 0 Å². The lowest BCUT2D eigenvalue weighted by atomic mass is 10.0. The lowest BCUT2D eigenvalue weighted by Crippen LogP contribution is -2.47. The minimum atomic E-state index is -2.78. The minimum Gasteiger partial charge on any atom is -0.315 e. The van der Waals surface area contributed by atoms with Crippen molar-refractivity contribution in [2.24, 2.45) is 0 Å². The third-order valence-corrected chi connectivity index (χ3v) is 3.54. The zero-order chi connectivity index (χ0) is 13.0. The van der Waals surface area contributed by atoms with Crippen LogP contribution in [-0.2, 0) is 5.92 Å². The lowest BCUT2D eigenvalue weighted by Gasteiger charge is -2.34. The fourth-order valence-corrected chi connectivity index (χ4v) is 2.43. The summed E-state index contributed by atoms with van der Waals surface area (Å²) in [5.41, 5.74) is 0.0978. The molecule has 0 radical (unpaired) electrons. The average Bonchev–Trinajstić information content (AvgIpc) is 2.40. The number of benzene rings is 1. The largest absolute Gasteiger partial charge is 0.315 e. The van der Waals surface area contributed by atoms with Gasteiger partial charge in [-0.25, -0.2) is 0 Å². The van der Waals surface area contributed by atoms with E-state index in [-0.39, 0.29) is 18.2 Å². The monoisotopic (exact) mass is 254 g/mol. The summed E-state index contributed by atoms with van der Waals surface area (Å²) in [4.78, 5) is 1.78. The van der Waals surface area contributed by atoms with E-state index in [9.17, 15) is 8.78 Å². The van der Waals surface area contributed by atoms with E-state index in [0.717, 1.165) is 25.9 Å². The molecule has 2 nitrogen and oxygen atoms in total. The molecule has 0 spiro atoms. The van der Waals surface area contributed by atoms with Gasteiger partial charge in [-0.05, 0) is 26.4 Å². The number of nitrogens with zero attached hydrogens (tertiary/aromatic N) is 1. The highest BCUT2D eigenvalue weighted by molar-refractivity contribution is 5.20. The van der Waals surface area contributed by atoms with Crippen molar-refractivity contribution in [1.82, 2.24) is 10.2 Å². The third kappa shape index (κ3) is 3.27. The molecule has 18 heavy (non-hydrogen) atoms.